The average Bonchev–Trinajstić information content (AvgIpc) is 1.89. The van der Waals surface area contributed by atoms with E-state index in [0.717, 1.165) is 12.8 Å². The van der Waals surface area contributed by atoms with Crippen LogP contribution in [-0.2, 0) is 4.79 Å². The van der Waals surface area contributed by atoms with E-state index < -0.39 is 6.04 Å². The fraction of sp³-hybridized carbons (Fsp3) is 0.875. The van der Waals surface area contributed by atoms with E-state index in [0.29, 0.717) is 12.8 Å². The Morgan fingerprint density at radius 3 is 2.27 bits per heavy atom. The molecule has 0 aliphatic heterocycles. The molecular weight excluding hydrogens is 150 g/mol. The van der Waals surface area contributed by atoms with Crippen LogP contribution in [0.3, 0.4) is 0 Å². The Bertz CT molecular complexity index is 104. The first kappa shape index (κ1) is 13.1. The number of carbonyl (C=O) groups excluding carboxylic acids is 1. The molecule has 68 valence electrons. The molecule has 0 saturated heterocycles. The lowest BCUT2D eigenvalue weighted by atomic mass is 10.0. The summed E-state index contributed by atoms with van der Waals surface area (Å²) < 4.78 is 12.1. The molecule has 0 aliphatic rings. The second-order valence-corrected chi connectivity index (χ2v) is 2.55. The third kappa shape index (κ3) is 5.95. The van der Waals surface area contributed by atoms with Crippen molar-refractivity contribution >= 4 is 6.04 Å². The zero-order valence-corrected chi connectivity index (χ0v) is 7.10. The van der Waals surface area contributed by atoms with Crippen LogP contribution in [0.2, 0.25) is 0 Å². The maximum Gasteiger partial charge on any atom is 0.304 e. The predicted molar refractivity (Wildman–Crippen MR) is 41.9 cm³/mol. The molecule has 0 aliphatic carbocycles. The molecule has 0 bridgehead atoms. The highest BCUT2D eigenvalue weighted by molar-refractivity contribution is 5.70. The van der Waals surface area contributed by atoms with Crippen molar-refractivity contribution in [3.63, 3.8) is 0 Å². The summed E-state index contributed by atoms with van der Waals surface area (Å²) in [5, 5.41) is 0. The Morgan fingerprint density at radius 1 is 1.45 bits per heavy atom. The van der Waals surface area contributed by atoms with Crippen molar-refractivity contribution in [3.8, 4) is 0 Å². The van der Waals surface area contributed by atoms with Crippen molar-refractivity contribution in [3.05, 3.63) is 0 Å². The normalized spacial score (nSPS) is 11.9. The third-order valence-corrected chi connectivity index (χ3v) is 1.72. The van der Waals surface area contributed by atoms with E-state index in [1.165, 1.54) is 0 Å². The van der Waals surface area contributed by atoms with Gasteiger partial charge in [-0.1, -0.05) is 26.7 Å². The molecule has 0 amide bonds. The molecule has 0 N–H and O–H groups in total. The molecular formula is C8H16F2O. The van der Waals surface area contributed by atoms with Crippen LogP contribution in [0.5, 0.6) is 0 Å². The molecule has 3 heteroatoms. The van der Waals surface area contributed by atoms with Crippen LogP contribution in [0.4, 0.5) is 9.09 Å². The molecule has 0 aromatic heterocycles. The van der Waals surface area contributed by atoms with Crippen LogP contribution < -0.4 is 0 Å². The largest absolute Gasteiger partial charge is 0.304 e. The van der Waals surface area contributed by atoms with Gasteiger partial charge in [0.05, 0.1) is 0 Å². The summed E-state index contributed by atoms with van der Waals surface area (Å²) in [6.07, 6.45) is 3.33. The highest BCUT2D eigenvalue weighted by atomic mass is 19.1. The van der Waals surface area contributed by atoms with Crippen molar-refractivity contribution in [2.45, 2.75) is 39.5 Å². The lowest BCUT2D eigenvalue weighted by Crippen LogP contribution is -2.07. The molecule has 0 rings (SSSR count). The summed E-state index contributed by atoms with van der Waals surface area (Å²) in [5.41, 5.74) is 0. The zero-order valence-electron chi connectivity index (χ0n) is 7.10. The monoisotopic (exact) mass is 166 g/mol. The van der Waals surface area contributed by atoms with Crippen LogP contribution in [-0.4, -0.2) is 6.04 Å². The average molecular weight is 166 g/mol. The summed E-state index contributed by atoms with van der Waals surface area (Å²) in [4.78, 5) is 10.2. The number of halogens is 2. The van der Waals surface area contributed by atoms with Crippen molar-refractivity contribution < 1.29 is 13.9 Å². The summed E-state index contributed by atoms with van der Waals surface area (Å²) in [5.74, 6) is -0.333. The fourth-order valence-corrected chi connectivity index (χ4v) is 0.929. The first-order valence-electron chi connectivity index (χ1n) is 3.91. The van der Waals surface area contributed by atoms with Gasteiger partial charge in [0, 0.05) is 5.92 Å². The van der Waals surface area contributed by atoms with Crippen molar-refractivity contribution in [2.24, 2.45) is 5.92 Å². The minimum Gasteiger partial charge on any atom is -0.269 e. The molecule has 1 unspecified atom stereocenters. The van der Waals surface area contributed by atoms with Gasteiger partial charge in [-0.05, 0) is 12.8 Å². The first-order chi connectivity index (χ1) is 4.72. The Hall–Kier alpha value is -0.470. The van der Waals surface area contributed by atoms with Crippen LogP contribution >= 0.6 is 0 Å². The molecule has 0 spiro atoms. The number of hydrogen-bond acceptors (Lipinski definition) is 1. The summed E-state index contributed by atoms with van der Waals surface area (Å²) in [6.45, 7) is 3.88. The molecule has 1 nitrogen and oxygen atoms in total. The lowest BCUT2D eigenvalue weighted by Gasteiger charge is -2.05. The number of rotatable bonds is 5. The Kier molecular flexibility index (Phi) is 9.12. The van der Waals surface area contributed by atoms with E-state index in [9.17, 15) is 9.18 Å². The molecule has 0 aromatic rings. The van der Waals surface area contributed by atoms with Crippen LogP contribution in [0.1, 0.15) is 39.5 Å². The minimum atomic E-state index is -1.14. The van der Waals surface area contributed by atoms with E-state index in [4.69, 9.17) is 0 Å². The van der Waals surface area contributed by atoms with Gasteiger partial charge in [-0.25, -0.2) is 0 Å². The molecule has 0 fully saturated rings. The van der Waals surface area contributed by atoms with Gasteiger partial charge in [-0.15, -0.1) is 0 Å². The highest BCUT2D eigenvalue weighted by Crippen LogP contribution is 2.13. The topological polar surface area (TPSA) is 17.1 Å². The Morgan fingerprint density at radius 2 is 2.00 bits per heavy atom. The van der Waals surface area contributed by atoms with Gasteiger partial charge in [0.2, 0.25) is 0 Å². The Balaban J connectivity index is 0. The van der Waals surface area contributed by atoms with Crippen LogP contribution in [0.15, 0.2) is 0 Å². The maximum absolute atomic E-state index is 12.1. The second kappa shape index (κ2) is 7.63. The predicted octanol–water partition coefficient (Wildman–Crippen LogP) is 2.85. The maximum atomic E-state index is 12.1. The van der Waals surface area contributed by atoms with E-state index in [1.54, 1.807) is 0 Å². The standard InChI is InChI=1S/C8H15FO.FH/c1-3-5-6-7(4-2)8(9)10;/h7H,3-6H2,1-2H3;1H. The Labute approximate surface area is 66.3 Å². The first-order valence-corrected chi connectivity index (χ1v) is 3.91. The van der Waals surface area contributed by atoms with E-state index >= 15 is 0 Å². The van der Waals surface area contributed by atoms with Crippen molar-refractivity contribution in [2.75, 3.05) is 0 Å². The van der Waals surface area contributed by atoms with Crippen LogP contribution in [0, 0.1) is 5.92 Å². The highest BCUT2D eigenvalue weighted by Gasteiger charge is 2.13. The number of carbonyl (C=O) groups is 1. The van der Waals surface area contributed by atoms with Gasteiger partial charge in [0.15, 0.2) is 0 Å². The summed E-state index contributed by atoms with van der Waals surface area (Å²) in [7, 11) is 0. The van der Waals surface area contributed by atoms with E-state index in [2.05, 4.69) is 0 Å². The van der Waals surface area contributed by atoms with Crippen molar-refractivity contribution in [1.29, 1.82) is 0 Å². The molecule has 0 heterocycles. The zero-order chi connectivity index (χ0) is 7.98. The number of hydrogen-bond donors (Lipinski definition) is 0. The molecule has 0 radical (unpaired) electrons. The van der Waals surface area contributed by atoms with Crippen LogP contribution in [0.25, 0.3) is 0 Å². The summed E-state index contributed by atoms with van der Waals surface area (Å²) in [6, 6.07) is -1.14. The van der Waals surface area contributed by atoms with E-state index in [-0.39, 0.29) is 10.6 Å². The minimum absolute atomic E-state index is 0. The van der Waals surface area contributed by atoms with Gasteiger partial charge < -0.3 is 0 Å². The SMILES string of the molecule is CCCCC(CC)C(=O)F.F. The molecule has 0 aromatic carbocycles. The molecule has 1 atom stereocenters. The van der Waals surface area contributed by atoms with Crippen molar-refractivity contribution in [1.82, 2.24) is 0 Å². The van der Waals surface area contributed by atoms with E-state index in [1.807, 2.05) is 13.8 Å². The van der Waals surface area contributed by atoms with Gasteiger partial charge in [-0.2, -0.15) is 4.39 Å². The quantitative estimate of drug-likeness (QED) is 0.574. The number of unbranched alkanes of at least 4 members (excludes halogenated alkanes) is 1. The van der Waals surface area contributed by atoms with Gasteiger partial charge in [0.1, 0.15) is 0 Å². The summed E-state index contributed by atoms with van der Waals surface area (Å²) >= 11 is 0. The molecule has 0 saturated carbocycles. The van der Waals surface area contributed by atoms with Gasteiger partial charge in [0.25, 0.3) is 0 Å². The smallest absolute Gasteiger partial charge is 0.269 e. The third-order valence-electron chi connectivity index (χ3n) is 1.72. The fourth-order valence-electron chi connectivity index (χ4n) is 0.929. The second-order valence-electron chi connectivity index (χ2n) is 2.55. The van der Waals surface area contributed by atoms with Gasteiger partial charge in [-0.3, -0.25) is 9.50 Å². The molecule has 11 heavy (non-hydrogen) atoms. The van der Waals surface area contributed by atoms with Gasteiger partial charge >= 0.3 is 6.04 Å². The lowest BCUT2D eigenvalue weighted by molar-refractivity contribution is -0.133.